The van der Waals surface area contributed by atoms with Crippen molar-refractivity contribution in [3.8, 4) is 5.75 Å². The van der Waals surface area contributed by atoms with Crippen LogP contribution in [0, 0.1) is 0 Å². The predicted octanol–water partition coefficient (Wildman–Crippen LogP) is -1.12. The van der Waals surface area contributed by atoms with E-state index in [4.69, 9.17) is 16.6 Å². The molecule has 0 saturated heterocycles. The van der Waals surface area contributed by atoms with Crippen LogP contribution in [0.15, 0.2) is 24.3 Å². The molecule has 0 aliphatic rings. The molecule has 0 fully saturated rings. The van der Waals surface area contributed by atoms with Crippen molar-refractivity contribution in [2.45, 2.75) is 56.8 Å². The van der Waals surface area contributed by atoms with Gasteiger partial charge in [0.15, 0.2) is 0 Å². The van der Waals surface area contributed by atoms with Gasteiger partial charge in [-0.2, -0.15) is 12.6 Å². The maximum atomic E-state index is 13.0. The lowest BCUT2D eigenvalue weighted by Crippen LogP contribution is -2.57. The Labute approximate surface area is 198 Å². The van der Waals surface area contributed by atoms with Crippen molar-refractivity contribution in [1.82, 2.24) is 16.0 Å². The van der Waals surface area contributed by atoms with E-state index < -0.39 is 47.9 Å². The molecule has 1 aromatic carbocycles. The van der Waals surface area contributed by atoms with Crippen LogP contribution in [0.25, 0.3) is 0 Å². The van der Waals surface area contributed by atoms with Crippen LogP contribution in [0.5, 0.6) is 5.75 Å². The molecular formula is C21H33N5O6S. The number of phenols is 1. The van der Waals surface area contributed by atoms with E-state index in [1.807, 2.05) is 0 Å². The predicted molar refractivity (Wildman–Crippen MR) is 126 cm³/mol. The molecule has 0 aromatic heterocycles. The summed E-state index contributed by atoms with van der Waals surface area (Å²) in [6.45, 7) is 1.71. The average Bonchev–Trinajstić information content (AvgIpc) is 2.78. The monoisotopic (exact) mass is 483 g/mol. The normalized spacial score (nSPS) is 14.4. The molecule has 0 radical (unpaired) electrons. The minimum atomic E-state index is -1.23. The first kappa shape index (κ1) is 28.2. The Bertz CT molecular complexity index is 807. The molecule has 0 spiro atoms. The van der Waals surface area contributed by atoms with Gasteiger partial charge in [0.2, 0.25) is 17.7 Å². The fraction of sp³-hybridized carbons (Fsp3) is 0.524. The summed E-state index contributed by atoms with van der Waals surface area (Å²) < 4.78 is 0. The maximum absolute atomic E-state index is 13.0. The molecule has 11 nitrogen and oxygen atoms in total. The van der Waals surface area contributed by atoms with E-state index in [9.17, 15) is 24.3 Å². The third kappa shape index (κ3) is 10.1. The van der Waals surface area contributed by atoms with Gasteiger partial charge in [0.1, 0.15) is 23.9 Å². The van der Waals surface area contributed by atoms with Crippen LogP contribution in [0.2, 0.25) is 0 Å². The largest absolute Gasteiger partial charge is 0.508 e. The summed E-state index contributed by atoms with van der Waals surface area (Å²) in [6, 6.07) is 1.83. The van der Waals surface area contributed by atoms with E-state index in [2.05, 4.69) is 28.6 Å². The number of phenolic OH excluding ortho intramolecular Hbond substituents is 1. The molecule has 12 heteroatoms. The van der Waals surface area contributed by atoms with E-state index >= 15 is 0 Å². The highest BCUT2D eigenvalue weighted by Crippen LogP contribution is 2.12. The number of nitrogens with two attached hydrogens (primary N) is 2. The zero-order chi connectivity index (χ0) is 25.0. The first-order chi connectivity index (χ1) is 15.6. The third-order valence-electron chi connectivity index (χ3n) is 4.85. The Morgan fingerprint density at radius 2 is 1.55 bits per heavy atom. The van der Waals surface area contributed by atoms with Gasteiger partial charge in [0.25, 0.3) is 0 Å². The number of hydrogen-bond acceptors (Lipinski definition) is 8. The number of aromatic hydroxyl groups is 1. The van der Waals surface area contributed by atoms with Crippen LogP contribution >= 0.6 is 12.6 Å². The summed E-state index contributed by atoms with van der Waals surface area (Å²) in [7, 11) is 0. The lowest BCUT2D eigenvalue weighted by atomic mass is 10.0. The zero-order valence-corrected chi connectivity index (χ0v) is 19.4. The molecule has 4 atom stereocenters. The van der Waals surface area contributed by atoms with Gasteiger partial charge >= 0.3 is 5.97 Å². The van der Waals surface area contributed by atoms with E-state index in [-0.39, 0.29) is 24.3 Å². The Kier molecular flexibility index (Phi) is 12.3. The highest BCUT2D eigenvalue weighted by atomic mass is 32.1. The number of nitrogens with one attached hydrogen (secondary N) is 3. The summed E-state index contributed by atoms with van der Waals surface area (Å²) >= 11 is 3.99. The fourth-order valence-corrected chi connectivity index (χ4v) is 3.01. The first-order valence-electron chi connectivity index (χ1n) is 10.6. The van der Waals surface area contributed by atoms with Crippen molar-refractivity contribution in [1.29, 1.82) is 0 Å². The number of carbonyl (C=O) groups is 4. The summed E-state index contributed by atoms with van der Waals surface area (Å²) in [4.78, 5) is 49.1. The number of carboxylic acid groups (broad SMARTS) is 1. The Hall–Kier alpha value is -2.83. The number of benzene rings is 1. The minimum Gasteiger partial charge on any atom is -0.508 e. The van der Waals surface area contributed by atoms with Crippen LogP contribution in [-0.4, -0.2) is 70.4 Å². The van der Waals surface area contributed by atoms with Crippen LogP contribution in [-0.2, 0) is 25.6 Å². The number of carbonyl (C=O) groups excluding carboxylic acids is 3. The van der Waals surface area contributed by atoms with Gasteiger partial charge in [-0.25, -0.2) is 0 Å². The number of hydrogen-bond donors (Lipinski definition) is 8. The number of unbranched alkanes of at least 4 members (excludes halogenated alkanes) is 1. The van der Waals surface area contributed by atoms with E-state index in [0.29, 0.717) is 24.9 Å². The molecule has 4 unspecified atom stereocenters. The second-order valence-electron chi connectivity index (χ2n) is 7.63. The van der Waals surface area contributed by atoms with Gasteiger partial charge < -0.3 is 37.6 Å². The van der Waals surface area contributed by atoms with Crippen LogP contribution < -0.4 is 27.4 Å². The van der Waals surface area contributed by atoms with Gasteiger partial charge in [0.05, 0.1) is 6.04 Å². The van der Waals surface area contributed by atoms with Gasteiger partial charge in [-0.1, -0.05) is 12.1 Å². The van der Waals surface area contributed by atoms with Crippen molar-refractivity contribution in [3.05, 3.63) is 29.8 Å². The van der Waals surface area contributed by atoms with Crippen molar-refractivity contribution < 1.29 is 29.4 Å². The smallest absolute Gasteiger partial charge is 0.325 e. The number of aliphatic carboxylic acids is 1. The maximum Gasteiger partial charge on any atom is 0.325 e. The lowest BCUT2D eigenvalue weighted by molar-refractivity contribution is -0.141. The summed E-state index contributed by atoms with van der Waals surface area (Å²) in [5, 5.41) is 26.1. The highest BCUT2D eigenvalue weighted by molar-refractivity contribution is 7.80. The van der Waals surface area contributed by atoms with E-state index in [0.717, 1.165) is 0 Å². The van der Waals surface area contributed by atoms with Gasteiger partial charge in [-0.3, -0.25) is 19.2 Å². The van der Waals surface area contributed by atoms with E-state index in [1.54, 1.807) is 12.1 Å². The number of amides is 3. The van der Waals surface area contributed by atoms with Crippen LogP contribution in [0.3, 0.4) is 0 Å². The fourth-order valence-electron chi connectivity index (χ4n) is 2.85. The molecule has 0 aliphatic carbocycles. The molecule has 9 N–H and O–H groups in total. The molecule has 0 saturated carbocycles. The average molecular weight is 484 g/mol. The molecule has 184 valence electrons. The highest BCUT2D eigenvalue weighted by Gasteiger charge is 2.29. The van der Waals surface area contributed by atoms with Crippen LogP contribution in [0.4, 0.5) is 0 Å². The number of thiol groups is 1. The topological polar surface area (TPSA) is 197 Å². The summed E-state index contributed by atoms with van der Waals surface area (Å²) in [6.07, 6.45) is 1.48. The Balaban J connectivity index is 3.05. The molecule has 33 heavy (non-hydrogen) atoms. The SMILES string of the molecule is CC(NC(=O)C(Cc1ccc(O)cc1)NC(=O)C(CCCCN)NC(=O)C(N)CS)C(=O)O. The molecular weight excluding hydrogens is 450 g/mol. The second kappa shape index (κ2) is 14.3. The zero-order valence-electron chi connectivity index (χ0n) is 18.5. The van der Waals surface area contributed by atoms with E-state index in [1.165, 1.54) is 19.1 Å². The third-order valence-corrected chi connectivity index (χ3v) is 5.25. The molecule has 1 rings (SSSR count). The van der Waals surface area contributed by atoms with Gasteiger partial charge in [0, 0.05) is 12.2 Å². The van der Waals surface area contributed by atoms with Crippen molar-refractivity contribution in [2.24, 2.45) is 11.5 Å². The Morgan fingerprint density at radius 3 is 2.09 bits per heavy atom. The number of carboxylic acids is 1. The van der Waals surface area contributed by atoms with Crippen LogP contribution in [0.1, 0.15) is 31.7 Å². The molecule has 0 bridgehead atoms. The molecule has 0 heterocycles. The quantitative estimate of drug-likeness (QED) is 0.120. The molecule has 1 aromatic rings. The molecule has 0 aliphatic heterocycles. The van der Waals surface area contributed by atoms with Gasteiger partial charge in [-0.15, -0.1) is 0 Å². The first-order valence-corrected chi connectivity index (χ1v) is 11.2. The van der Waals surface area contributed by atoms with Crippen molar-refractivity contribution in [2.75, 3.05) is 12.3 Å². The standard InChI is InChI=1S/C21H33N5O6S/c1-12(21(31)32)24-20(30)17(10-13-5-7-14(27)8-6-13)26-19(29)16(4-2-3-9-22)25-18(28)15(23)11-33/h5-8,12,15-17,27,33H,2-4,9-11,22-23H2,1H3,(H,24,30)(H,25,28)(H,26,29)(H,31,32). The second-order valence-corrected chi connectivity index (χ2v) is 8.00. The lowest BCUT2D eigenvalue weighted by Gasteiger charge is -2.25. The summed E-state index contributed by atoms with van der Waals surface area (Å²) in [5.41, 5.74) is 11.8. The van der Waals surface area contributed by atoms with Crippen molar-refractivity contribution >= 4 is 36.3 Å². The summed E-state index contributed by atoms with van der Waals surface area (Å²) in [5.74, 6) is -2.99. The molecule has 3 amide bonds. The van der Waals surface area contributed by atoms with Crippen molar-refractivity contribution in [3.63, 3.8) is 0 Å². The minimum absolute atomic E-state index is 0.0316. The van der Waals surface area contributed by atoms with Gasteiger partial charge in [-0.05, 0) is 50.4 Å². The number of rotatable bonds is 14. The Morgan fingerprint density at radius 1 is 0.970 bits per heavy atom.